The summed E-state index contributed by atoms with van der Waals surface area (Å²) in [6.45, 7) is 0. The average Bonchev–Trinajstić information content (AvgIpc) is 3.44. The minimum atomic E-state index is 0.551. The van der Waals surface area contributed by atoms with E-state index in [9.17, 15) is 5.26 Å². The number of hydrogen-bond acceptors (Lipinski definition) is 3. The Morgan fingerprint density at radius 3 is 2.41 bits per heavy atom. The van der Waals surface area contributed by atoms with E-state index in [0.717, 1.165) is 49.6 Å². The Bertz CT molecular complexity index is 1930. The van der Waals surface area contributed by atoms with E-state index < -0.39 is 0 Å². The lowest BCUT2D eigenvalue weighted by Gasteiger charge is -2.14. The van der Waals surface area contributed by atoms with Gasteiger partial charge < -0.3 is 8.98 Å². The number of furan rings is 1. The molecule has 0 aliphatic rings. The van der Waals surface area contributed by atoms with Crippen LogP contribution in [0.5, 0.6) is 0 Å². The molecule has 7 aromatic rings. The number of nitrogens with zero attached hydrogens (tertiary/aromatic N) is 3. The fourth-order valence-electron chi connectivity index (χ4n) is 5.09. The van der Waals surface area contributed by atoms with Crippen molar-refractivity contribution >= 4 is 43.7 Å². The number of hydrogen-bond donors (Lipinski definition) is 0. The first kappa shape index (κ1) is 18.7. The summed E-state index contributed by atoms with van der Waals surface area (Å²) in [5, 5.41) is 14.3. The molecule has 0 saturated heterocycles. The summed E-state index contributed by atoms with van der Waals surface area (Å²) in [5.74, 6) is 0. The van der Waals surface area contributed by atoms with Crippen LogP contribution in [0.2, 0.25) is 0 Å². The standard InChI is InChI=1S/C30H17N3O/c31-18-19-8-7-17-32-29(19)22-10-2-5-13-25(22)33-24-12-4-1-9-20(24)21-15-16-27-28(30(21)33)23-11-3-6-14-26(23)34-27/h1-17H. The second-order valence-corrected chi connectivity index (χ2v) is 8.31. The van der Waals surface area contributed by atoms with Crippen molar-refractivity contribution in [2.75, 3.05) is 0 Å². The highest BCUT2D eigenvalue weighted by Gasteiger charge is 2.21. The molecule has 0 aliphatic carbocycles. The molecule has 3 aromatic heterocycles. The summed E-state index contributed by atoms with van der Waals surface area (Å²) in [4.78, 5) is 4.60. The monoisotopic (exact) mass is 435 g/mol. The van der Waals surface area contributed by atoms with E-state index in [1.807, 2.05) is 42.5 Å². The third kappa shape index (κ3) is 2.49. The zero-order chi connectivity index (χ0) is 22.6. The van der Waals surface area contributed by atoms with Crippen molar-refractivity contribution in [1.82, 2.24) is 9.55 Å². The van der Waals surface area contributed by atoms with Crippen LogP contribution >= 0.6 is 0 Å². The molecule has 0 N–H and O–H groups in total. The Balaban J connectivity index is 1.71. The Labute approximate surface area is 194 Å². The van der Waals surface area contributed by atoms with Crippen molar-refractivity contribution in [3.8, 4) is 23.0 Å². The highest BCUT2D eigenvalue weighted by molar-refractivity contribution is 6.24. The van der Waals surface area contributed by atoms with Crippen LogP contribution in [0.15, 0.2) is 108 Å². The topological polar surface area (TPSA) is 54.8 Å². The lowest BCUT2D eigenvalue weighted by atomic mass is 10.0. The number of aromatic nitrogens is 2. The van der Waals surface area contributed by atoms with Gasteiger partial charge in [-0.05, 0) is 42.5 Å². The third-order valence-corrected chi connectivity index (χ3v) is 6.50. The van der Waals surface area contributed by atoms with Crippen molar-refractivity contribution in [2.45, 2.75) is 0 Å². The number of fused-ring (bicyclic) bond motifs is 7. The summed E-state index contributed by atoms with van der Waals surface area (Å²) < 4.78 is 8.52. The van der Waals surface area contributed by atoms with Crippen LogP contribution in [0.25, 0.3) is 60.7 Å². The van der Waals surface area contributed by atoms with Crippen LogP contribution in [0.1, 0.15) is 5.56 Å². The predicted molar refractivity (Wildman–Crippen MR) is 136 cm³/mol. The van der Waals surface area contributed by atoms with Crippen LogP contribution in [-0.2, 0) is 0 Å². The number of para-hydroxylation sites is 3. The SMILES string of the molecule is N#Cc1cccnc1-c1ccccc1-n1c2ccccc2c2ccc3oc4ccccc4c3c21. The van der Waals surface area contributed by atoms with Gasteiger partial charge in [0.1, 0.15) is 17.2 Å². The van der Waals surface area contributed by atoms with Gasteiger partial charge in [-0.15, -0.1) is 0 Å². The fraction of sp³-hybridized carbons (Fsp3) is 0. The Hall–Kier alpha value is -4.88. The molecule has 4 aromatic carbocycles. The predicted octanol–water partition coefficient (Wildman–Crippen LogP) is 7.62. The molecular weight excluding hydrogens is 418 g/mol. The minimum absolute atomic E-state index is 0.551. The molecule has 0 atom stereocenters. The summed E-state index contributed by atoms with van der Waals surface area (Å²) >= 11 is 0. The van der Waals surface area contributed by atoms with Crippen LogP contribution < -0.4 is 0 Å². The molecule has 0 spiro atoms. The number of nitriles is 1. The van der Waals surface area contributed by atoms with Crippen molar-refractivity contribution < 1.29 is 4.42 Å². The third-order valence-electron chi connectivity index (χ3n) is 6.50. The normalized spacial score (nSPS) is 11.5. The quantitative estimate of drug-likeness (QED) is 0.281. The van der Waals surface area contributed by atoms with E-state index in [1.54, 1.807) is 12.3 Å². The van der Waals surface area contributed by atoms with Gasteiger partial charge in [-0.1, -0.05) is 54.6 Å². The molecule has 0 saturated carbocycles. The van der Waals surface area contributed by atoms with Gasteiger partial charge in [0.15, 0.2) is 0 Å². The van der Waals surface area contributed by atoms with E-state index >= 15 is 0 Å². The average molecular weight is 435 g/mol. The Morgan fingerprint density at radius 1 is 0.706 bits per heavy atom. The zero-order valence-electron chi connectivity index (χ0n) is 18.1. The maximum atomic E-state index is 9.77. The molecule has 158 valence electrons. The van der Waals surface area contributed by atoms with Crippen molar-refractivity contribution in [3.63, 3.8) is 0 Å². The maximum Gasteiger partial charge on any atom is 0.137 e. The van der Waals surface area contributed by atoms with E-state index in [-0.39, 0.29) is 0 Å². The molecule has 4 heteroatoms. The molecule has 7 rings (SSSR count). The summed E-state index contributed by atoms with van der Waals surface area (Å²) in [6, 6.07) is 34.9. The minimum Gasteiger partial charge on any atom is -0.456 e. The highest BCUT2D eigenvalue weighted by Crippen LogP contribution is 2.42. The molecule has 0 unspecified atom stereocenters. The molecule has 0 radical (unpaired) electrons. The van der Waals surface area contributed by atoms with E-state index in [4.69, 9.17) is 4.42 Å². The van der Waals surface area contributed by atoms with Crippen molar-refractivity contribution in [3.05, 3.63) is 109 Å². The molecule has 0 fully saturated rings. The van der Waals surface area contributed by atoms with E-state index in [0.29, 0.717) is 11.3 Å². The second-order valence-electron chi connectivity index (χ2n) is 8.31. The largest absolute Gasteiger partial charge is 0.456 e. The van der Waals surface area contributed by atoms with Crippen molar-refractivity contribution in [2.24, 2.45) is 0 Å². The molecular formula is C30H17N3O. The first-order chi connectivity index (χ1) is 16.8. The van der Waals surface area contributed by atoms with Crippen LogP contribution in [0.3, 0.4) is 0 Å². The van der Waals surface area contributed by atoms with Gasteiger partial charge in [0.05, 0.1) is 33.4 Å². The molecule has 3 heterocycles. The maximum absolute atomic E-state index is 9.77. The fourth-order valence-corrected chi connectivity index (χ4v) is 5.09. The van der Waals surface area contributed by atoms with Crippen LogP contribution in [0.4, 0.5) is 0 Å². The smallest absolute Gasteiger partial charge is 0.137 e. The Morgan fingerprint density at radius 2 is 1.50 bits per heavy atom. The van der Waals surface area contributed by atoms with E-state index in [1.165, 1.54) is 5.39 Å². The first-order valence-corrected chi connectivity index (χ1v) is 11.1. The van der Waals surface area contributed by atoms with Gasteiger partial charge in [0.2, 0.25) is 0 Å². The summed E-state index contributed by atoms with van der Waals surface area (Å²) in [7, 11) is 0. The number of rotatable bonds is 2. The van der Waals surface area contributed by atoms with E-state index in [2.05, 4.69) is 64.2 Å². The van der Waals surface area contributed by atoms with Gasteiger partial charge in [-0.2, -0.15) is 5.26 Å². The lowest BCUT2D eigenvalue weighted by Crippen LogP contribution is -1.99. The van der Waals surface area contributed by atoms with Crippen LogP contribution in [0, 0.1) is 11.3 Å². The Kier molecular flexibility index (Phi) is 3.88. The molecule has 0 aliphatic heterocycles. The number of benzene rings is 4. The molecule has 4 nitrogen and oxygen atoms in total. The van der Waals surface area contributed by atoms with Crippen molar-refractivity contribution in [1.29, 1.82) is 5.26 Å². The van der Waals surface area contributed by atoms with Gasteiger partial charge >= 0.3 is 0 Å². The summed E-state index contributed by atoms with van der Waals surface area (Å²) in [6.07, 6.45) is 1.74. The van der Waals surface area contributed by atoms with Gasteiger partial charge in [0, 0.05) is 27.9 Å². The molecule has 34 heavy (non-hydrogen) atoms. The van der Waals surface area contributed by atoms with Crippen LogP contribution in [-0.4, -0.2) is 9.55 Å². The molecule has 0 bridgehead atoms. The first-order valence-electron chi connectivity index (χ1n) is 11.1. The zero-order valence-corrected chi connectivity index (χ0v) is 18.1. The number of pyridine rings is 1. The van der Waals surface area contributed by atoms with Gasteiger partial charge in [0.25, 0.3) is 0 Å². The lowest BCUT2D eigenvalue weighted by molar-refractivity contribution is 0.669. The summed E-state index contributed by atoms with van der Waals surface area (Å²) in [5.41, 5.74) is 7.01. The van der Waals surface area contributed by atoms with Gasteiger partial charge in [-0.3, -0.25) is 4.98 Å². The van der Waals surface area contributed by atoms with Gasteiger partial charge in [-0.25, -0.2) is 0 Å². The second kappa shape index (κ2) is 7.06. The highest BCUT2D eigenvalue weighted by atomic mass is 16.3. The molecule has 0 amide bonds.